The number of nitrogens with zero attached hydrogens (tertiary/aromatic N) is 6. The van der Waals surface area contributed by atoms with Crippen LogP contribution in [-0.2, 0) is 15.7 Å². The van der Waals surface area contributed by atoms with Gasteiger partial charge in [-0.15, -0.1) is 15.3 Å². The van der Waals surface area contributed by atoms with Crippen LogP contribution in [0.5, 0.6) is 0 Å². The molecule has 4 aromatic rings. The van der Waals surface area contributed by atoms with Gasteiger partial charge in [-0.3, -0.25) is 4.57 Å². The van der Waals surface area contributed by atoms with Gasteiger partial charge in [-0.25, -0.2) is 13.5 Å². The van der Waals surface area contributed by atoms with E-state index in [0.717, 1.165) is 39.6 Å². The van der Waals surface area contributed by atoms with Crippen LogP contribution >= 0.6 is 23.2 Å². The maximum atomic E-state index is 14.1. The molecule has 42 heavy (non-hydrogen) atoms. The van der Waals surface area contributed by atoms with Crippen LogP contribution in [0.3, 0.4) is 0 Å². The molecule has 5 rings (SSSR count). The minimum Gasteiger partial charge on any atom is -0.394 e. The topological polar surface area (TPSA) is 120 Å². The average Bonchev–Trinajstić information content (AvgIpc) is 3.57. The minimum atomic E-state index is -4.77. The molecule has 0 spiro atoms. The Bertz CT molecular complexity index is 1590. The number of hydrogen-bond acceptors (Lipinski definition) is 8. The lowest BCUT2D eigenvalue weighted by atomic mass is 9.91. The first-order valence-corrected chi connectivity index (χ1v) is 12.9. The standard InChI is InChI=1S/C25H21Cl2F5N6O4/c1-10-33-35-24(38(10)17-7-12(26)3-4-13(17)25(30,31)32)23-22(41-2)20(21(40)18(9-39)42-23)37-8-16(34-36-37)11-5-14(28)19(27)15(29)6-11/h3-8,18,20-23,39-40H,9H2,1-2H3/t18-,20+,21+,22-,23-/m1/s1. The summed E-state index contributed by atoms with van der Waals surface area (Å²) in [5.41, 5.74) is -1.42. The Kier molecular flexibility index (Phi) is 8.26. The molecule has 17 heteroatoms. The minimum absolute atomic E-state index is 0.00266. The van der Waals surface area contributed by atoms with E-state index in [0.29, 0.717) is 0 Å². The van der Waals surface area contributed by atoms with E-state index in [-0.39, 0.29) is 33.6 Å². The van der Waals surface area contributed by atoms with Crippen LogP contribution in [0.2, 0.25) is 10.0 Å². The quantitative estimate of drug-likeness (QED) is 0.235. The molecule has 3 heterocycles. The zero-order chi connectivity index (χ0) is 30.5. The Hall–Kier alpha value is -3.21. The van der Waals surface area contributed by atoms with Gasteiger partial charge in [-0.1, -0.05) is 28.4 Å². The molecule has 2 N–H and O–H groups in total. The molecule has 1 saturated heterocycles. The van der Waals surface area contributed by atoms with Gasteiger partial charge >= 0.3 is 6.18 Å². The predicted molar refractivity (Wildman–Crippen MR) is 137 cm³/mol. The Morgan fingerprint density at radius 1 is 1.07 bits per heavy atom. The van der Waals surface area contributed by atoms with Crippen molar-refractivity contribution >= 4 is 23.2 Å². The molecule has 0 amide bonds. The second kappa shape index (κ2) is 11.5. The lowest BCUT2D eigenvalue weighted by molar-refractivity contribution is -0.217. The highest BCUT2D eigenvalue weighted by molar-refractivity contribution is 6.31. The maximum Gasteiger partial charge on any atom is 0.418 e. The van der Waals surface area contributed by atoms with Crippen molar-refractivity contribution in [2.75, 3.05) is 13.7 Å². The van der Waals surface area contributed by atoms with Crippen molar-refractivity contribution in [2.24, 2.45) is 0 Å². The first-order chi connectivity index (χ1) is 19.8. The molecular formula is C25H21Cl2F5N6O4. The number of aryl methyl sites for hydroxylation is 1. The highest BCUT2D eigenvalue weighted by Gasteiger charge is 2.50. The Balaban J connectivity index is 1.61. The fourth-order valence-electron chi connectivity index (χ4n) is 4.92. The molecule has 0 bridgehead atoms. The van der Waals surface area contributed by atoms with E-state index in [1.54, 1.807) is 0 Å². The monoisotopic (exact) mass is 634 g/mol. The number of rotatable bonds is 6. The van der Waals surface area contributed by atoms with Gasteiger partial charge in [-0.2, -0.15) is 13.2 Å². The SMILES string of the molecule is CO[C@@H]1[C@@H](n2cc(-c3cc(F)c(Cl)c(F)c3)nn2)[C@@H](O)[C@@H](CO)O[C@H]1c1nnc(C)n1-c1cc(Cl)ccc1C(F)(F)F. The average molecular weight is 635 g/mol. The molecule has 2 aromatic heterocycles. The first-order valence-electron chi connectivity index (χ1n) is 12.2. The van der Waals surface area contributed by atoms with Gasteiger partial charge in [0.1, 0.15) is 58.6 Å². The Morgan fingerprint density at radius 3 is 2.38 bits per heavy atom. The van der Waals surface area contributed by atoms with Crippen LogP contribution in [0.4, 0.5) is 22.0 Å². The van der Waals surface area contributed by atoms with E-state index in [9.17, 15) is 32.2 Å². The number of aromatic nitrogens is 6. The van der Waals surface area contributed by atoms with Gasteiger partial charge in [-0.05, 0) is 37.3 Å². The van der Waals surface area contributed by atoms with Crippen LogP contribution in [-0.4, -0.2) is 72.0 Å². The maximum absolute atomic E-state index is 14.1. The molecule has 0 unspecified atom stereocenters. The molecule has 1 aliphatic heterocycles. The smallest absolute Gasteiger partial charge is 0.394 e. The van der Waals surface area contributed by atoms with E-state index in [4.69, 9.17) is 32.7 Å². The Morgan fingerprint density at radius 2 is 1.76 bits per heavy atom. The normalized spacial score (nSPS) is 23.0. The summed E-state index contributed by atoms with van der Waals surface area (Å²) in [6.45, 7) is 0.712. The second-order valence-corrected chi connectivity index (χ2v) is 10.2. The van der Waals surface area contributed by atoms with Crippen molar-refractivity contribution in [1.29, 1.82) is 0 Å². The summed E-state index contributed by atoms with van der Waals surface area (Å²) in [4.78, 5) is 0. The number of halogens is 7. The fraction of sp³-hybridized carbons (Fsp3) is 0.360. The van der Waals surface area contributed by atoms with Crippen molar-refractivity contribution in [2.45, 2.75) is 43.6 Å². The number of hydrogen-bond donors (Lipinski definition) is 2. The van der Waals surface area contributed by atoms with Crippen LogP contribution in [0.15, 0.2) is 36.5 Å². The summed E-state index contributed by atoms with van der Waals surface area (Å²) in [6, 6.07) is 3.72. The summed E-state index contributed by atoms with van der Waals surface area (Å²) in [6.07, 6.45) is -8.80. The van der Waals surface area contributed by atoms with Crippen molar-refractivity contribution in [3.8, 4) is 16.9 Å². The molecule has 0 saturated carbocycles. The summed E-state index contributed by atoms with van der Waals surface area (Å²) in [7, 11) is 1.26. The largest absolute Gasteiger partial charge is 0.418 e. The number of benzene rings is 2. The molecule has 0 radical (unpaired) electrons. The zero-order valence-corrected chi connectivity index (χ0v) is 23.1. The second-order valence-electron chi connectivity index (χ2n) is 9.40. The van der Waals surface area contributed by atoms with Crippen LogP contribution in [0.25, 0.3) is 16.9 Å². The third-order valence-corrected chi connectivity index (χ3v) is 7.44. The highest BCUT2D eigenvalue weighted by Crippen LogP contribution is 2.42. The Labute approximate surface area is 244 Å². The van der Waals surface area contributed by atoms with Gasteiger partial charge in [0.25, 0.3) is 0 Å². The predicted octanol–water partition coefficient (Wildman–Crippen LogP) is 4.49. The first kappa shape index (κ1) is 30.3. The summed E-state index contributed by atoms with van der Waals surface area (Å²) >= 11 is 11.6. The molecular weight excluding hydrogens is 614 g/mol. The van der Waals surface area contributed by atoms with Gasteiger partial charge in [0, 0.05) is 17.7 Å². The lowest BCUT2D eigenvalue weighted by Crippen LogP contribution is -2.53. The molecule has 1 aliphatic rings. The number of methoxy groups -OCH3 is 1. The number of aliphatic hydroxyl groups excluding tert-OH is 2. The molecule has 2 aromatic carbocycles. The van der Waals surface area contributed by atoms with E-state index in [1.807, 2.05) is 0 Å². The third kappa shape index (κ3) is 5.36. The van der Waals surface area contributed by atoms with Crippen LogP contribution < -0.4 is 0 Å². The highest BCUT2D eigenvalue weighted by atomic mass is 35.5. The number of ether oxygens (including phenoxy) is 2. The fourth-order valence-corrected chi connectivity index (χ4v) is 5.19. The number of aliphatic hydroxyl groups is 2. The molecule has 5 atom stereocenters. The van der Waals surface area contributed by atoms with E-state index in [2.05, 4.69) is 20.5 Å². The zero-order valence-electron chi connectivity index (χ0n) is 21.6. The van der Waals surface area contributed by atoms with Crippen LogP contribution in [0.1, 0.15) is 29.4 Å². The third-order valence-electron chi connectivity index (χ3n) is 6.85. The molecule has 224 valence electrons. The van der Waals surface area contributed by atoms with Crippen molar-refractivity contribution < 1.29 is 41.6 Å². The van der Waals surface area contributed by atoms with Crippen molar-refractivity contribution in [3.63, 3.8) is 0 Å². The van der Waals surface area contributed by atoms with Crippen LogP contribution in [0, 0.1) is 18.6 Å². The van der Waals surface area contributed by atoms with Crippen molar-refractivity contribution in [1.82, 2.24) is 29.8 Å². The van der Waals surface area contributed by atoms with Gasteiger partial charge in [0.05, 0.1) is 24.1 Å². The molecule has 1 fully saturated rings. The van der Waals surface area contributed by atoms with E-state index >= 15 is 0 Å². The summed E-state index contributed by atoms with van der Waals surface area (Å²) in [5.74, 6) is -2.16. The van der Waals surface area contributed by atoms with E-state index < -0.39 is 65.5 Å². The van der Waals surface area contributed by atoms with E-state index in [1.165, 1.54) is 20.2 Å². The lowest BCUT2D eigenvalue weighted by Gasteiger charge is -2.43. The summed E-state index contributed by atoms with van der Waals surface area (Å²) in [5, 5.41) is 36.4. The number of alkyl halides is 3. The van der Waals surface area contributed by atoms with Gasteiger partial charge in [0.15, 0.2) is 5.82 Å². The van der Waals surface area contributed by atoms with Crippen molar-refractivity contribution in [3.05, 3.63) is 75.4 Å². The molecule has 0 aliphatic carbocycles. The van der Waals surface area contributed by atoms with Gasteiger partial charge < -0.3 is 19.7 Å². The summed E-state index contributed by atoms with van der Waals surface area (Å²) < 4.78 is 84.0. The van der Waals surface area contributed by atoms with Gasteiger partial charge in [0.2, 0.25) is 0 Å². The molecule has 10 nitrogen and oxygen atoms in total.